The van der Waals surface area contributed by atoms with Crippen molar-refractivity contribution in [2.75, 3.05) is 0 Å². The number of cyclic esters (lactones) is 1. The van der Waals surface area contributed by atoms with Crippen LogP contribution in [0.2, 0.25) is 0 Å². The van der Waals surface area contributed by atoms with Gasteiger partial charge in [-0.25, -0.2) is 4.79 Å². The van der Waals surface area contributed by atoms with E-state index >= 15 is 0 Å². The van der Waals surface area contributed by atoms with Gasteiger partial charge in [0.2, 0.25) is 0 Å². The molecule has 350 valence electrons. The molecule has 0 aliphatic carbocycles. The van der Waals surface area contributed by atoms with Crippen molar-refractivity contribution in [1.82, 2.24) is 0 Å². The molecule has 1 N–H and O–H groups in total. The van der Waals surface area contributed by atoms with Crippen LogP contribution in [0.4, 0.5) is 0 Å². The van der Waals surface area contributed by atoms with Crippen LogP contribution < -0.4 is 0 Å². The number of ether oxygens (including phenoxy) is 9. The highest BCUT2D eigenvalue weighted by Gasteiger charge is 2.45. The van der Waals surface area contributed by atoms with Gasteiger partial charge in [-0.2, -0.15) is 0 Å². The molecule has 4 saturated heterocycles. The predicted molar refractivity (Wildman–Crippen MR) is 241 cm³/mol. The second kappa shape index (κ2) is 22.6. The van der Waals surface area contributed by atoms with Gasteiger partial charge in [-0.05, 0) is 86.5 Å². The van der Waals surface area contributed by atoms with E-state index in [0.29, 0.717) is 32.1 Å². The van der Waals surface area contributed by atoms with Gasteiger partial charge in [-0.1, -0.05) is 87.6 Å². The van der Waals surface area contributed by atoms with Gasteiger partial charge in [0.25, 0.3) is 0 Å². The van der Waals surface area contributed by atoms with Crippen molar-refractivity contribution in [1.29, 1.82) is 0 Å². The highest BCUT2D eigenvalue weighted by molar-refractivity contribution is 5.82. The Bertz CT molecular complexity index is 1590. The molecular formula is C51H80O11. The van der Waals surface area contributed by atoms with Crippen LogP contribution in [0, 0.1) is 11.8 Å². The van der Waals surface area contributed by atoms with Crippen LogP contribution in [0.15, 0.2) is 72.9 Å². The maximum atomic E-state index is 12.9. The molecule has 5 heterocycles. The summed E-state index contributed by atoms with van der Waals surface area (Å²) in [7, 11) is 0. The highest BCUT2D eigenvalue weighted by atomic mass is 16.7. The minimum absolute atomic E-state index is 0.00337. The second-order valence-corrected chi connectivity index (χ2v) is 20.3. The number of carbonyl (C=O) groups excluding carboxylic acids is 1. The lowest BCUT2D eigenvalue weighted by atomic mass is 9.88. The Kier molecular flexibility index (Phi) is 18.5. The lowest BCUT2D eigenvalue weighted by Gasteiger charge is -2.47. The topological polar surface area (TPSA) is 120 Å². The van der Waals surface area contributed by atoms with E-state index in [1.54, 1.807) is 6.08 Å². The summed E-state index contributed by atoms with van der Waals surface area (Å²) in [5.41, 5.74) is 0. The minimum Gasteiger partial charge on any atom is -0.459 e. The standard InChI is InChI=1S/C51H80O11/c1-35(2)47-36(3)25-26-38-28-40(57-48(4,5)55-38)30-42-32-44(61-50(8,9)59-42)34-45-33-43(60-51(10,11)62-45)31-41-29-39(56-49(6,7)58-41)27-37(52)23-21-19-17-15-13-12-14-16-18-20-22-24-46(53)54-47/h12-22,24,35-45,47,52H,23,25-34H2,1-11H3. The summed E-state index contributed by atoms with van der Waals surface area (Å²) in [6.07, 6.45) is 28.7. The van der Waals surface area contributed by atoms with Crippen molar-refractivity contribution < 1.29 is 52.5 Å². The van der Waals surface area contributed by atoms with E-state index in [0.717, 1.165) is 38.5 Å². The third-order valence-corrected chi connectivity index (χ3v) is 12.0. The minimum atomic E-state index is -0.781. The van der Waals surface area contributed by atoms with Crippen molar-refractivity contribution in [2.45, 2.75) is 231 Å². The molecule has 5 aliphatic heterocycles. The van der Waals surface area contributed by atoms with E-state index in [-0.39, 0.29) is 72.7 Å². The van der Waals surface area contributed by atoms with Gasteiger partial charge in [0, 0.05) is 57.4 Å². The fraction of sp³-hybridized carbons (Fsp3) is 0.745. The Balaban J connectivity index is 1.30. The average Bonchev–Trinajstić information content (AvgIpc) is 3.11. The maximum Gasteiger partial charge on any atom is 0.331 e. The number of carbonyl (C=O) groups is 1. The summed E-state index contributed by atoms with van der Waals surface area (Å²) in [6.45, 7) is 22.2. The molecular weight excluding hydrogens is 789 g/mol. The van der Waals surface area contributed by atoms with E-state index in [4.69, 9.17) is 42.6 Å². The molecule has 4 fully saturated rings. The van der Waals surface area contributed by atoms with E-state index in [1.165, 1.54) is 6.08 Å². The molecule has 5 rings (SSSR count). The fourth-order valence-electron chi connectivity index (χ4n) is 10.0. The van der Waals surface area contributed by atoms with Crippen LogP contribution in [0.5, 0.6) is 0 Å². The summed E-state index contributed by atoms with van der Waals surface area (Å²) in [5, 5.41) is 11.0. The molecule has 11 nitrogen and oxygen atoms in total. The molecule has 0 amide bonds. The smallest absolute Gasteiger partial charge is 0.331 e. The molecule has 0 aromatic rings. The maximum absolute atomic E-state index is 12.9. The van der Waals surface area contributed by atoms with E-state index < -0.39 is 29.3 Å². The second-order valence-electron chi connectivity index (χ2n) is 20.3. The van der Waals surface area contributed by atoms with Crippen molar-refractivity contribution >= 4 is 5.97 Å². The van der Waals surface area contributed by atoms with E-state index in [9.17, 15) is 9.90 Å². The van der Waals surface area contributed by atoms with Gasteiger partial charge in [-0.3, -0.25) is 0 Å². The molecule has 0 saturated carbocycles. The zero-order chi connectivity index (χ0) is 45.1. The first-order valence-corrected chi connectivity index (χ1v) is 23.4. The lowest BCUT2D eigenvalue weighted by Crippen LogP contribution is -2.52. The summed E-state index contributed by atoms with van der Waals surface area (Å²) >= 11 is 0. The Morgan fingerprint density at radius 3 is 1.19 bits per heavy atom. The zero-order valence-corrected chi connectivity index (χ0v) is 39.7. The summed E-state index contributed by atoms with van der Waals surface area (Å²) in [5.74, 6) is -3.11. The van der Waals surface area contributed by atoms with Crippen LogP contribution in [0.1, 0.15) is 147 Å². The lowest BCUT2D eigenvalue weighted by molar-refractivity contribution is -0.339. The Morgan fingerprint density at radius 1 is 0.484 bits per heavy atom. The van der Waals surface area contributed by atoms with Gasteiger partial charge in [0.05, 0.1) is 54.9 Å². The number of aliphatic hydroxyl groups is 1. The predicted octanol–water partition coefficient (Wildman–Crippen LogP) is 10.3. The summed E-state index contributed by atoms with van der Waals surface area (Å²) < 4.78 is 58.0. The van der Waals surface area contributed by atoms with Gasteiger partial charge in [-0.15, -0.1) is 0 Å². The monoisotopic (exact) mass is 869 g/mol. The number of fused-ring (bicyclic) bond motifs is 8. The Morgan fingerprint density at radius 2 is 0.806 bits per heavy atom. The van der Waals surface area contributed by atoms with Crippen LogP contribution in [-0.4, -0.2) is 95.3 Å². The van der Waals surface area contributed by atoms with Crippen LogP contribution >= 0.6 is 0 Å². The van der Waals surface area contributed by atoms with Gasteiger partial charge in [0.15, 0.2) is 23.1 Å². The normalized spacial score (nSPS) is 37.7. The van der Waals surface area contributed by atoms with Gasteiger partial charge < -0.3 is 47.7 Å². The molecule has 62 heavy (non-hydrogen) atoms. The number of hydrogen-bond acceptors (Lipinski definition) is 11. The summed E-state index contributed by atoms with van der Waals surface area (Å²) in [4.78, 5) is 12.9. The van der Waals surface area contributed by atoms with Crippen LogP contribution in [-0.2, 0) is 47.4 Å². The highest BCUT2D eigenvalue weighted by Crippen LogP contribution is 2.40. The molecule has 0 aromatic heterocycles. The molecule has 0 aromatic carbocycles. The van der Waals surface area contributed by atoms with Crippen molar-refractivity contribution in [3.05, 3.63) is 72.9 Å². The number of aliphatic hydroxyl groups excluding tert-OH is 1. The number of esters is 1. The first-order chi connectivity index (χ1) is 29.1. The Labute approximate surface area is 373 Å². The number of rotatable bonds is 1. The fourth-order valence-corrected chi connectivity index (χ4v) is 10.0. The van der Waals surface area contributed by atoms with Gasteiger partial charge >= 0.3 is 5.97 Å². The Hall–Kier alpha value is -2.45. The molecule has 11 heteroatoms. The number of allylic oxidation sites excluding steroid dienone is 10. The van der Waals surface area contributed by atoms with Crippen LogP contribution in [0.25, 0.3) is 0 Å². The molecule has 8 bridgehead atoms. The first kappa shape index (κ1) is 50.5. The first-order valence-electron chi connectivity index (χ1n) is 23.4. The zero-order valence-electron chi connectivity index (χ0n) is 39.7. The van der Waals surface area contributed by atoms with Gasteiger partial charge in [0.1, 0.15) is 6.10 Å². The average molecular weight is 869 g/mol. The molecule has 0 radical (unpaired) electrons. The summed E-state index contributed by atoms with van der Waals surface area (Å²) in [6, 6.07) is 0. The van der Waals surface area contributed by atoms with Crippen molar-refractivity contribution in [3.8, 4) is 0 Å². The number of hydrogen-bond donors (Lipinski definition) is 1. The third-order valence-electron chi connectivity index (χ3n) is 12.0. The molecule has 11 atom stereocenters. The molecule has 0 spiro atoms. The van der Waals surface area contributed by atoms with Crippen molar-refractivity contribution in [3.63, 3.8) is 0 Å². The SMILES string of the molecule is CC(C)C1OC(=O)C=CC=CC=CC=CC=CC=CCC(O)CC2CC(CC3CC(CC4CC(CC5CC(CCC1C)OC(C)(C)O5)OC(C)(C)O4)OC(C)(C)O3)OC(C)(C)O2. The van der Waals surface area contributed by atoms with E-state index in [2.05, 4.69) is 20.8 Å². The molecule has 5 aliphatic rings. The molecule has 11 unspecified atom stereocenters. The van der Waals surface area contributed by atoms with Crippen LogP contribution in [0.3, 0.4) is 0 Å². The largest absolute Gasteiger partial charge is 0.459 e. The van der Waals surface area contributed by atoms with E-state index in [1.807, 2.05) is 116 Å². The quantitative estimate of drug-likeness (QED) is 0.254. The van der Waals surface area contributed by atoms with Crippen molar-refractivity contribution in [2.24, 2.45) is 11.8 Å². The third kappa shape index (κ3) is 17.5.